The van der Waals surface area contributed by atoms with Gasteiger partial charge >= 0.3 is 0 Å². The summed E-state index contributed by atoms with van der Waals surface area (Å²) < 4.78 is 14.4. The van der Waals surface area contributed by atoms with Gasteiger partial charge < -0.3 is 5.32 Å². The maximum atomic E-state index is 14.4. The molecular formula is C18H20FN. The van der Waals surface area contributed by atoms with Crippen molar-refractivity contribution in [2.45, 2.75) is 38.8 Å². The van der Waals surface area contributed by atoms with Crippen molar-refractivity contribution in [2.75, 3.05) is 0 Å². The second-order valence-corrected chi connectivity index (χ2v) is 5.48. The average molecular weight is 269 g/mol. The van der Waals surface area contributed by atoms with E-state index in [1.807, 2.05) is 30.3 Å². The fraction of sp³-hybridized carbons (Fsp3) is 0.333. The van der Waals surface area contributed by atoms with Crippen molar-refractivity contribution in [1.82, 2.24) is 5.32 Å². The van der Waals surface area contributed by atoms with E-state index in [2.05, 4.69) is 18.3 Å². The van der Waals surface area contributed by atoms with Crippen LogP contribution in [-0.4, -0.2) is 6.04 Å². The van der Waals surface area contributed by atoms with Crippen molar-refractivity contribution in [3.8, 4) is 11.1 Å². The van der Waals surface area contributed by atoms with E-state index in [0.717, 1.165) is 24.1 Å². The lowest BCUT2D eigenvalue weighted by molar-refractivity contribution is 0.622. The van der Waals surface area contributed by atoms with Gasteiger partial charge in [0.05, 0.1) is 0 Å². The Hall–Kier alpha value is -1.67. The molecule has 0 amide bonds. The Morgan fingerprint density at radius 1 is 1.10 bits per heavy atom. The van der Waals surface area contributed by atoms with Crippen LogP contribution in [0.5, 0.6) is 0 Å². The number of aryl methyl sites for hydroxylation is 1. The van der Waals surface area contributed by atoms with Gasteiger partial charge in [0, 0.05) is 18.2 Å². The standard InChI is InChI=1S/C18H20FN/c1-2-14-5-3-4-6-16(14)17-10-7-13(11-18(17)19)12-20-15-8-9-15/h3-7,10-11,15,20H,2,8-9,12H2,1H3. The van der Waals surface area contributed by atoms with E-state index < -0.39 is 0 Å². The number of nitrogens with one attached hydrogen (secondary N) is 1. The van der Waals surface area contributed by atoms with Crippen LogP contribution in [0.15, 0.2) is 42.5 Å². The Bertz CT molecular complexity index is 602. The number of hydrogen-bond donors (Lipinski definition) is 1. The van der Waals surface area contributed by atoms with Gasteiger partial charge in [0.1, 0.15) is 5.82 Å². The molecule has 0 heterocycles. The summed E-state index contributed by atoms with van der Waals surface area (Å²) in [5.41, 5.74) is 3.93. The lowest BCUT2D eigenvalue weighted by atomic mass is 9.97. The number of benzene rings is 2. The molecule has 2 aromatic rings. The fourth-order valence-electron chi connectivity index (χ4n) is 2.53. The van der Waals surface area contributed by atoms with E-state index in [1.54, 1.807) is 6.07 Å². The fourth-order valence-corrected chi connectivity index (χ4v) is 2.53. The molecule has 0 unspecified atom stereocenters. The summed E-state index contributed by atoms with van der Waals surface area (Å²) in [4.78, 5) is 0. The van der Waals surface area contributed by atoms with Gasteiger partial charge in [-0.1, -0.05) is 43.3 Å². The van der Waals surface area contributed by atoms with Crippen LogP contribution in [0.2, 0.25) is 0 Å². The highest BCUT2D eigenvalue weighted by Crippen LogP contribution is 2.27. The molecule has 0 bridgehead atoms. The predicted molar refractivity (Wildman–Crippen MR) is 81.1 cm³/mol. The molecule has 0 aromatic heterocycles. The van der Waals surface area contributed by atoms with Gasteiger partial charge in [0.2, 0.25) is 0 Å². The average Bonchev–Trinajstić information content (AvgIpc) is 3.29. The molecule has 0 atom stereocenters. The molecule has 20 heavy (non-hydrogen) atoms. The molecule has 1 saturated carbocycles. The van der Waals surface area contributed by atoms with Gasteiger partial charge in [-0.15, -0.1) is 0 Å². The Labute approximate surface area is 119 Å². The number of hydrogen-bond acceptors (Lipinski definition) is 1. The quantitative estimate of drug-likeness (QED) is 0.853. The first-order valence-electron chi connectivity index (χ1n) is 7.38. The lowest BCUT2D eigenvalue weighted by Crippen LogP contribution is -2.15. The minimum absolute atomic E-state index is 0.124. The molecule has 0 aliphatic heterocycles. The van der Waals surface area contributed by atoms with E-state index in [-0.39, 0.29) is 5.82 Å². The van der Waals surface area contributed by atoms with E-state index in [0.29, 0.717) is 11.6 Å². The van der Waals surface area contributed by atoms with Crippen molar-refractivity contribution in [1.29, 1.82) is 0 Å². The van der Waals surface area contributed by atoms with Crippen molar-refractivity contribution in [3.05, 3.63) is 59.4 Å². The Morgan fingerprint density at radius 3 is 2.60 bits per heavy atom. The van der Waals surface area contributed by atoms with Crippen LogP contribution in [0.25, 0.3) is 11.1 Å². The molecule has 0 radical (unpaired) electrons. The Kier molecular flexibility index (Phi) is 3.83. The molecule has 2 aromatic carbocycles. The molecule has 1 fully saturated rings. The third kappa shape index (κ3) is 2.91. The molecule has 2 heteroatoms. The van der Waals surface area contributed by atoms with E-state index >= 15 is 0 Å². The Morgan fingerprint density at radius 2 is 1.90 bits per heavy atom. The summed E-state index contributed by atoms with van der Waals surface area (Å²) in [6, 6.07) is 14.3. The number of halogens is 1. The van der Waals surface area contributed by atoms with E-state index in [1.165, 1.54) is 18.4 Å². The first-order chi connectivity index (χ1) is 9.78. The zero-order chi connectivity index (χ0) is 13.9. The molecule has 3 rings (SSSR count). The van der Waals surface area contributed by atoms with Crippen LogP contribution in [0.3, 0.4) is 0 Å². The molecule has 104 valence electrons. The zero-order valence-corrected chi connectivity index (χ0v) is 11.8. The highest BCUT2D eigenvalue weighted by molar-refractivity contribution is 5.68. The smallest absolute Gasteiger partial charge is 0.131 e. The third-order valence-electron chi connectivity index (χ3n) is 3.89. The largest absolute Gasteiger partial charge is 0.310 e. The highest BCUT2D eigenvalue weighted by Gasteiger charge is 2.20. The van der Waals surface area contributed by atoms with Gasteiger partial charge in [0.15, 0.2) is 0 Å². The molecule has 1 aliphatic rings. The van der Waals surface area contributed by atoms with Crippen molar-refractivity contribution >= 4 is 0 Å². The van der Waals surface area contributed by atoms with E-state index in [9.17, 15) is 4.39 Å². The minimum atomic E-state index is -0.124. The van der Waals surface area contributed by atoms with Crippen LogP contribution in [0.4, 0.5) is 4.39 Å². The van der Waals surface area contributed by atoms with Crippen molar-refractivity contribution in [3.63, 3.8) is 0 Å². The number of rotatable bonds is 5. The normalized spacial score (nSPS) is 14.5. The van der Waals surface area contributed by atoms with Gasteiger partial charge in [-0.2, -0.15) is 0 Å². The molecule has 1 nitrogen and oxygen atoms in total. The first kappa shape index (κ1) is 13.3. The molecule has 0 saturated heterocycles. The highest BCUT2D eigenvalue weighted by atomic mass is 19.1. The third-order valence-corrected chi connectivity index (χ3v) is 3.89. The van der Waals surface area contributed by atoms with Crippen LogP contribution in [0, 0.1) is 5.82 Å². The molecule has 0 spiro atoms. The Balaban J connectivity index is 1.85. The summed E-state index contributed by atoms with van der Waals surface area (Å²) in [5, 5.41) is 3.42. The van der Waals surface area contributed by atoms with Crippen LogP contribution >= 0.6 is 0 Å². The molecular weight excluding hydrogens is 249 g/mol. The van der Waals surface area contributed by atoms with Crippen molar-refractivity contribution < 1.29 is 4.39 Å². The van der Waals surface area contributed by atoms with Crippen LogP contribution < -0.4 is 5.32 Å². The zero-order valence-electron chi connectivity index (χ0n) is 11.8. The second kappa shape index (κ2) is 5.76. The summed E-state index contributed by atoms with van der Waals surface area (Å²) in [6.07, 6.45) is 3.43. The summed E-state index contributed by atoms with van der Waals surface area (Å²) in [6.45, 7) is 2.86. The van der Waals surface area contributed by atoms with Crippen molar-refractivity contribution in [2.24, 2.45) is 0 Å². The van der Waals surface area contributed by atoms with Crippen LogP contribution in [-0.2, 0) is 13.0 Å². The second-order valence-electron chi connectivity index (χ2n) is 5.48. The summed E-state index contributed by atoms with van der Waals surface area (Å²) in [5.74, 6) is -0.124. The van der Waals surface area contributed by atoms with Gasteiger partial charge in [-0.3, -0.25) is 0 Å². The SMILES string of the molecule is CCc1ccccc1-c1ccc(CNC2CC2)cc1F. The first-order valence-corrected chi connectivity index (χ1v) is 7.38. The summed E-state index contributed by atoms with van der Waals surface area (Å²) >= 11 is 0. The van der Waals surface area contributed by atoms with E-state index in [4.69, 9.17) is 0 Å². The molecule has 1 aliphatic carbocycles. The topological polar surface area (TPSA) is 12.0 Å². The summed E-state index contributed by atoms with van der Waals surface area (Å²) in [7, 11) is 0. The monoisotopic (exact) mass is 269 g/mol. The molecule has 1 N–H and O–H groups in total. The van der Waals surface area contributed by atoms with Crippen LogP contribution in [0.1, 0.15) is 30.9 Å². The van der Waals surface area contributed by atoms with Gasteiger partial charge in [-0.25, -0.2) is 4.39 Å². The lowest BCUT2D eigenvalue weighted by Gasteiger charge is -2.11. The van der Waals surface area contributed by atoms with Gasteiger partial charge in [-0.05, 0) is 42.0 Å². The maximum Gasteiger partial charge on any atom is 0.131 e. The predicted octanol–water partition coefficient (Wildman–Crippen LogP) is 4.31. The van der Waals surface area contributed by atoms with Gasteiger partial charge in [0.25, 0.3) is 0 Å². The maximum absolute atomic E-state index is 14.4. The minimum Gasteiger partial charge on any atom is -0.310 e.